The van der Waals surface area contributed by atoms with Crippen molar-refractivity contribution in [2.75, 3.05) is 26.2 Å². The summed E-state index contributed by atoms with van der Waals surface area (Å²) < 4.78 is 6.25. The summed E-state index contributed by atoms with van der Waals surface area (Å²) in [6, 6.07) is 0. The number of unbranched alkanes of at least 4 members (excludes halogenated alkanes) is 4. The highest BCUT2D eigenvalue weighted by molar-refractivity contribution is 5.09. The number of hydrogen-bond donors (Lipinski definition) is 2. The molecule has 0 fully saturated rings. The molecule has 0 amide bonds. The molecule has 0 aliphatic rings. The minimum absolute atomic E-state index is 0.0482. The van der Waals surface area contributed by atoms with Crippen LogP contribution in [0.2, 0.25) is 0 Å². The Morgan fingerprint density at radius 2 is 1.53 bits per heavy atom. The molecule has 2 atom stereocenters. The van der Waals surface area contributed by atoms with E-state index in [-0.39, 0.29) is 16.2 Å². The van der Waals surface area contributed by atoms with Gasteiger partial charge in [0, 0.05) is 5.41 Å². The maximum atomic E-state index is 6.25. The summed E-state index contributed by atoms with van der Waals surface area (Å²) in [7, 11) is 0. The number of nitrogens with two attached hydrogens (primary N) is 1. The zero-order valence-corrected chi connectivity index (χ0v) is 22.0. The van der Waals surface area contributed by atoms with Crippen molar-refractivity contribution in [3.63, 3.8) is 0 Å². The van der Waals surface area contributed by atoms with Gasteiger partial charge in [0.05, 0.1) is 12.4 Å². The Hall–Kier alpha value is -0.540. The Morgan fingerprint density at radius 3 is 2.10 bits per heavy atom. The van der Waals surface area contributed by atoms with Crippen LogP contribution < -0.4 is 11.1 Å². The predicted molar refractivity (Wildman–Crippen MR) is 135 cm³/mol. The minimum atomic E-state index is -0.0482. The molecule has 180 valence electrons. The molecule has 3 nitrogen and oxygen atoms in total. The molecular formula is C27H56N2O. The molecule has 0 aromatic carbocycles. The smallest absolute Gasteiger partial charge is 0.0952 e. The molecule has 0 saturated heterocycles. The Bertz CT molecular complexity index is 452. The second kappa shape index (κ2) is 14.5. The molecule has 0 radical (unpaired) electrons. The van der Waals surface area contributed by atoms with Crippen molar-refractivity contribution in [2.45, 2.75) is 113 Å². The van der Waals surface area contributed by atoms with Crippen LogP contribution in [-0.4, -0.2) is 26.2 Å². The van der Waals surface area contributed by atoms with Gasteiger partial charge in [0.15, 0.2) is 0 Å². The van der Waals surface area contributed by atoms with Gasteiger partial charge in [0.25, 0.3) is 0 Å². The zero-order valence-electron chi connectivity index (χ0n) is 22.0. The fraction of sp³-hybridized carbons (Fsp3) is 0.926. The molecule has 0 bridgehead atoms. The van der Waals surface area contributed by atoms with Gasteiger partial charge in [-0.05, 0) is 62.1 Å². The van der Waals surface area contributed by atoms with Gasteiger partial charge in [0.1, 0.15) is 0 Å². The first kappa shape index (κ1) is 29.5. The molecule has 2 unspecified atom stereocenters. The van der Waals surface area contributed by atoms with Crippen LogP contribution in [0.4, 0.5) is 0 Å². The van der Waals surface area contributed by atoms with Gasteiger partial charge in [-0.2, -0.15) is 0 Å². The second-order valence-electron chi connectivity index (χ2n) is 11.4. The third-order valence-corrected chi connectivity index (χ3v) is 7.49. The van der Waals surface area contributed by atoms with Gasteiger partial charge in [0.2, 0.25) is 0 Å². The SMILES string of the molecule is C=C(OCCCNCCCCCCN)C(C)(CC(C)(C)C(C)CCCC)C(C)(C)C. The highest BCUT2D eigenvalue weighted by atomic mass is 16.5. The van der Waals surface area contributed by atoms with Crippen molar-refractivity contribution in [2.24, 2.45) is 27.9 Å². The first-order valence-electron chi connectivity index (χ1n) is 12.7. The van der Waals surface area contributed by atoms with Gasteiger partial charge in [-0.3, -0.25) is 0 Å². The number of allylic oxidation sites excluding steroid dienone is 1. The first-order chi connectivity index (χ1) is 13.9. The maximum Gasteiger partial charge on any atom is 0.0952 e. The van der Waals surface area contributed by atoms with Crippen molar-refractivity contribution < 1.29 is 4.74 Å². The van der Waals surface area contributed by atoms with Crippen LogP contribution in [0.15, 0.2) is 12.3 Å². The molecule has 0 aromatic heterocycles. The third kappa shape index (κ3) is 10.7. The molecule has 0 saturated carbocycles. The first-order valence-corrected chi connectivity index (χ1v) is 12.7. The van der Waals surface area contributed by atoms with Crippen LogP contribution in [0.25, 0.3) is 0 Å². The highest BCUT2D eigenvalue weighted by Gasteiger charge is 2.46. The summed E-state index contributed by atoms with van der Waals surface area (Å²) in [5.41, 5.74) is 5.85. The van der Waals surface area contributed by atoms with E-state index in [1.807, 2.05) is 0 Å². The summed E-state index contributed by atoms with van der Waals surface area (Å²) in [4.78, 5) is 0. The van der Waals surface area contributed by atoms with E-state index in [2.05, 4.69) is 67.3 Å². The van der Waals surface area contributed by atoms with Crippen LogP contribution in [0, 0.1) is 22.2 Å². The molecule has 3 heteroatoms. The van der Waals surface area contributed by atoms with Gasteiger partial charge in [-0.25, -0.2) is 0 Å². The maximum absolute atomic E-state index is 6.25. The molecule has 0 rings (SSSR count). The fourth-order valence-corrected chi connectivity index (χ4v) is 4.19. The molecular weight excluding hydrogens is 368 g/mol. The highest BCUT2D eigenvalue weighted by Crippen LogP contribution is 2.53. The summed E-state index contributed by atoms with van der Waals surface area (Å²) in [5, 5.41) is 3.54. The average molecular weight is 425 g/mol. The molecule has 0 aliphatic heterocycles. The molecule has 0 aromatic rings. The lowest BCUT2D eigenvalue weighted by Gasteiger charge is -2.48. The Kier molecular flexibility index (Phi) is 14.2. The van der Waals surface area contributed by atoms with E-state index < -0.39 is 0 Å². The largest absolute Gasteiger partial charge is 0.498 e. The van der Waals surface area contributed by atoms with Crippen molar-refractivity contribution in [1.82, 2.24) is 5.32 Å². The van der Waals surface area contributed by atoms with E-state index in [9.17, 15) is 0 Å². The normalized spacial score (nSPS) is 15.6. The summed E-state index contributed by atoms with van der Waals surface area (Å²) in [6.07, 6.45) is 10.9. The molecule has 30 heavy (non-hydrogen) atoms. The summed E-state index contributed by atoms with van der Waals surface area (Å²) >= 11 is 0. The van der Waals surface area contributed by atoms with Gasteiger partial charge in [-0.1, -0.05) is 94.1 Å². The number of nitrogens with one attached hydrogen (secondary N) is 1. The number of rotatable bonds is 18. The van der Waals surface area contributed by atoms with E-state index in [0.717, 1.165) is 51.3 Å². The van der Waals surface area contributed by atoms with Crippen LogP contribution in [0.5, 0.6) is 0 Å². The Labute approximate surface area is 190 Å². The van der Waals surface area contributed by atoms with Gasteiger partial charge >= 0.3 is 0 Å². The van der Waals surface area contributed by atoms with Gasteiger partial charge < -0.3 is 15.8 Å². The summed E-state index contributed by atoms with van der Waals surface area (Å²) in [5.74, 6) is 1.66. The lowest BCUT2D eigenvalue weighted by Crippen LogP contribution is -2.41. The monoisotopic (exact) mass is 424 g/mol. The lowest BCUT2D eigenvalue weighted by molar-refractivity contribution is 0.00126. The lowest BCUT2D eigenvalue weighted by atomic mass is 9.57. The molecule has 0 aliphatic carbocycles. The van der Waals surface area contributed by atoms with Gasteiger partial charge in [-0.15, -0.1) is 0 Å². The number of hydrogen-bond acceptors (Lipinski definition) is 3. The Morgan fingerprint density at radius 1 is 0.933 bits per heavy atom. The molecule has 3 N–H and O–H groups in total. The predicted octanol–water partition coefficient (Wildman–Crippen LogP) is 7.31. The minimum Gasteiger partial charge on any atom is -0.498 e. The average Bonchev–Trinajstić information content (AvgIpc) is 2.65. The standard InChI is InChI=1S/C27H56N2O/c1-10-11-17-23(2)26(7,8)22-27(9,25(4,5)6)24(3)30-21-16-20-29-19-15-13-12-14-18-28/h23,29H,3,10-22,28H2,1-2,4-9H3. The zero-order chi connectivity index (χ0) is 23.3. The fourth-order valence-electron chi connectivity index (χ4n) is 4.19. The van der Waals surface area contributed by atoms with E-state index in [1.165, 1.54) is 38.5 Å². The van der Waals surface area contributed by atoms with Crippen molar-refractivity contribution in [1.29, 1.82) is 0 Å². The number of ether oxygens (including phenoxy) is 1. The van der Waals surface area contributed by atoms with E-state index in [0.29, 0.717) is 5.92 Å². The van der Waals surface area contributed by atoms with E-state index in [4.69, 9.17) is 10.5 Å². The van der Waals surface area contributed by atoms with Crippen molar-refractivity contribution in [3.8, 4) is 0 Å². The van der Waals surface area contributed by atoms with Crippen LogP contribution >= 0.6 is 0 Å². The topological polar surface area (TPSA) is 47.3 Å². The molecule has 0 heterocycles. The van der Waals surface area contributed by atoms with E-state index in [1.54, 1.807) is 0 Å². The second-order valence-corrected chi connectivity index (χ2v) is 11.4. The van der Waals surface area contributed by atoms with Crippen LogP contribution in [0.3, 0.4) is 0 Å². The quantitative estimate of drug-likeness (QED) is 0.179. The Balaban J connectivity index is 4.57. The van der Waals surface area contributed by atoms with Crippen LogP contribution in [-0.2, 0) is 4.74 Å². The third-order valence-electron chi connectivity index (χ3n) is 7.49. The summed E-state index contributed by atoms with van der Waals surface area (Å²) in [6.45, 7) is 27.0. The van der Waals surface area contributed by atoms with Crippen LogP contribution in [0.1, 0.15) is 113 Å². The van der Waals surface area contributed by atoms with Crippen molar-refractivity contribution in [3.05, 3.63) is 12.3 Å². The molecule has 0 spiro atoms. The van der Waals surface area contributed by atoms with Crippen molar-refractivity contribution >= 4 is 0 Å². The van der Waals surface area contributed by atoms with E-state index >= 15 is 0 Å².